The van der Waals surface area contributed by atoms with Crippen molar-refractivity contribution >= 4 is 5.91 Å². The molecular formula is C21H31N3O3. The van der Waals surface area contributed by atoms with E-state index in [1.165, 1.54) is 0 Å². The summed E-state index contributed by atoms with van der Waals surface area (Å²) >= 11 is 0. The van der Waals surface area contributed by atoms with Gasteiger partial charge in [-0.1, -0.05) is 12.1 Å². The van der Waals surface area contributed by atoms with Crippen molar-refractivity contribution < 1.29 is 14.3 Å². The van der Waals surface area contributed by atoms with Gasteiger partial charge in [0.25, 0.3) is 0 Å². The predicted molar refractivity (Wildman–Crippen MR) is 104 cm³/mol. The van der Waals surface area contributed by atoms with Crippen molar-refractivity contribution in [3.05, 3.63) is 29.8 Å². The summed E-state index contributed by atoms with van der Waals surface area (Å²) in [6.07, 6.45) is 3.33. The largest absolute Gasteiger partial charge is 0.492 e. The molecule has 3 fully saturated rings. The van der Waals surface area contributed by atoms with E-state index >= 15 is 0 Å². The molecule has 1 unspecified atom stereocenters. The molecule has 1 saturated carbocycles. The van der Waals surface area contributed by atoms with Gasteiger partial charge in [-0.25, -0.2) is 0 Å². The fraction of sp³-hybridized carbons (Fsp3) is 0.667. The number of hydrogen-bond donors (Lipinski definition) is 2. The van der Waals surface area contributed by atoms with Gasteiger partial charge in [0, 0.05) is 32.1 Å². The average Bonchev–Trinajstić information content (AvgIpc) is 3.40. The Balaban J connectivity index is 1.20. The second kappa shape index (κ2) is 8.59. The Hall–Kier alpha value is -1.63. The number of carbonyl (C=O) groups is 1. The predicted octanol–water partition coefficient (Wildman–Crippen LogP) is 1.40. The Morgan fingerprint density at radius 3 is 2.93 bits per heavy atom. The summed E-state index contributed by atoms with van der Waals surface area (Å²) < 4.78 is 11.3. The molecule has 0 bridgehead atoms. The van der Waals surface area contributed by atoms with Crippen LogP contribution in [0.2, 0.25) is 0 Å². The van der Waals surface area contributed by atoms with Crippen LogP contribution in [0.15, 0.2) is 24.3 Å². The number of nitrogens with zero attached hydrogens (tertiary/aromatic N) is 1. The van der Waals surface area contributed by atoms with Gasteiger partial charge in [-0.3, -0.25) is 9.69 Å². The highest BCUT2D eigenvalue weighted by molar-refractivity contribution is 5.82. The van der Waals surface area contributed by atoms with Gasteiger partial charge in [-0.15, -0.1) is 0 Å². The number of carbonyl (C=O) groups excluding carboxylic acids is 1. The summed E-state index contributed by atoms with van der Waals surface area (Å²) in [7, 11) is 0. The smallest absolute Gasteiger partial charge is 0.223 e. The molecule has 2 heterocycles. The molecule has 1 spiro atoms. The zero-order valence-electron chi connectivity index (χ0n) is 16.0. The van der Waals surface area contributed by atoms with Crippen molar-refractivity contribution in [3.63, 3.8) is 0 Å². The van der Waals surface area contributed by atoms with Gasteiger partial charge in [-0.2, -0.15) is 0 Å². The third kappa shape index (κ3) is 4.81. The zero-order valence-corrected chi connectivity index (χ0v) is 16.0. The van der Waals surface area contributed by atoms with Crippen molar-refractivity contribution in [2.75, 3.05) is 52.5 Å². The van der Waals surface area contributed by atoms with Crippen LogP contribution in [0.4, 0.5) is 0 Å². The molecule has 1 aliphatic carbocycles. The van der Waals surface area contributed by atoms with Crippen LogP contribution in [-0.2, 0) is 16.1 Å². The lowest BCUT2D eigenvalue weighted by Crippen LogP contribution is -2.38. The highest BCUT2D eigenvalue weighted by Gasteiger charge is 2.57. The van der Waals surface area contributed by atoms with Gasteiger partial charge in [-0.05, 0) is 55.5 Å². The molecule has 4 rings (SSSR count). The first-order chi connectivity index (χ1) is 13.3. The summed E-state index contributed by atoms with van der Waals surface area (Å²) in [5.41, 5.74) is 1.38. The van der Waals surface area contributed by atoms with E-state index in [1.807, 2.05) is 24.3 Å². The number of hydrogen-bond acceptors (Lipinski definition) is 5. The maximum absolute atomic E-state index is 12.5. The lowest BCUT2D eigenvalue weighted by molar-refractivity contribution is -0.123. The molecule has 1 atom stereocenters. The van der Waals surface area contributed by atoms with E-state index in [-0.39, 0.29) is 11.8 Å². The van der Waals surface area contributed by atoms with Crippen LogP contribution in [0.1, 0.15) is 24.8 Å². The minimum atomic E-state index is 0.215. The zero-order chi connectivity index (χ0) is 18.5. The Morgan fingerprint density at radius 1 is 1.30 bits per heavy atom. The van der Waals surface area contributed by atoms with Crippen molar-refractivity contribution in [1.82, 2.24) is 15.5 Å². The molecule has 2 saturated heterocycles. The highest BCUT2D eigenvalue weighted by atomic mass is 16.5. The van der Waals surface area contributed by atoms with E-state index in [9.17, 15) is 4.79 Å². The highest BCUT2D eigenvalue weighted by Crippen LogP contribution is 2.58. The van der Waals surface area contributed by atoms with Crippen molar-refractivity contribution in [2.45, 2.75) is 25.8 Å². The van der Waals surface area contributed by atoms with E-state index < -0.39 is 0 Å². The number of piperidine rings is 1. The normalized spacial score (nSPS) is 24.5. The Morgan fingerprint density at radius 2 is 2.11 bits per heavy atom. The summed E-state index contributed by atoms with van der Waals surface area (Å²) in [5.74, 6) is 1.30. The fourth-order valence-corrected chi connectivity index (χ4v) is 4.37. The van der Waals surface area contributed by atoms with Crippen LogP contribution >= 0.6 is 0 Å². The van der Waals surface area contributed by atoms with Gasteiger partial charge in [0.1, 0.15) is 12.4 Å². The molecule has 148 valence electrons. The van der Waals surface area contributed by atoms with Crippen LogP contribution in [0.25, 0.3) is 0 Å². The summed E-state index contributed by atoms with van der Waals surface area (Å²) in [6, 6.07) is 8.06. The van der Waals surface area contributed by atoms with Gasteiger partial charge < -0.3 is 20.1 Å². The van der Waals surface area contributed by atoms with E-state index in [0.717, 1.165) is 76.5 Å². The van der Waals surface area contributed by atoms with E-state index in [1.54, 1.807) is 0 Å². The molecule has 27 heavy (non-hydrogen) atoms. The topological polar surface area (TPSA) is 62.8 Å². The Bertz CT molecular complexity index is 639. The molecule has 6 nitrogen and oxygen atoms in total. The summed E-state index contributed by atoms with van der Waals surface area (Å²) in [6.45, 7) is 7.85. The van der Waals surface area contributed by atoms with Gasteiger partial charge in [0.05, 0.1) is 13.2 Å². The summed E-state index contributed by atoms with van der Waals surface area (Å²) in [5, 5.41) is 6.52. The van der Waals surface area contributed by atoms with E-state index in [2.05, 4.69) is 15.5 Å². The molecule has 2 N–H and O–H groups in total. The number of nitrogens with one attached hydrogen (secondary N) is 2. The second-order valence-electron chi connectivity index (χ2n) is 8.04. The first kappa shape index (κ1) is 18.7. The average molecular weight is 373 g/mol. The molecule has 0 aromatic heterocycles. The van der Waals surface area contributed by atoms with Crippen LogP contribution in [0, 0.1) is 11.3 Å². The third-order valence-electron chi connectivity index (χ3n) is 6.25. The van der Waals surface area contributed by atoms with Crippen molar-refractivity contribution in [2.24, 2.45) is 11.3 Å². The molecule has 6 heteroatoms. The molecule has 2 aliphatic heterocycles. The third-order valence-corrected chi connectivity index (χ3v) is 6.25. The number of amides is 1. The minimum Gasteiger partial charge on any atom is -0.492 e. The summed E-state index contributed by atoms with van der Waals surface area (Å²) in [4.78, 5) is 14.9. The lowest BCUT2D eigenvalue weighted by Gasteiger charge is -2.26. The monoisotopic (exact) mass is 373 g/mol. The molecular weight excluding hydrogens is 342 g/mol. The van der Waals surface area contributed by atoms with Gasteiger partial charge in [0.15, 0.2) is 0 Å². The van der Waals surface area contributed by atoms with Crippen LogP contribution < -0.4 is 15.4 Å². The van der Waals surface area contributed by atoms with Gasteiger partial charge in [0.2, 0.25) is 5.91 Å². The maximum Gasteiger partial charge on any atom is 0.223 e. The first-order valence-corrected chi connectivity index (χ1v) is 10.3. The van der Waals surface area contributed by atoms with Crippen LogP contribution in [0.5, 0.6) is 5.75 Å². The molecule has 1 amide bonds. The molecule has 1 aromatic carbocycles. The molecule has 3 aliphatic rings. The SMILES string of the molecule is O=C(NCc1cccc(OCCN2CCOCC2)c1)C1CC12CCNCC2. The Labute approximate surface area is 161 Å². The quantitative estimate of drug-likeness (QED) is 0.757. The number of ether oxygens (including phenoxy) is 2. The van der Waals surface area contributed by atoms with Crippen LogP contribution in [0.3, 0.4) is 0 Å². The Kier molecular flexibility index (Phi) is 5.95. The first-order valence-electron chi connectivity index (χ1n) is 10.3. The number of rotatable bonds is 7. The number of morpholine rings is 1. The molecule has 0 radical (unpaired) electrons. The van der Waals surface area contributed by atoms with Crippen molar-refractivity contribution in [3.8, 4) is 5.75 Å². The second-order valence-corrected chi connectivity index (χ2v) is 8.04. The molecule has 1 aromatic rings. The standard InChI is InChI=1S/C21H31N3O3/c25-20(19-15-21(19)4-6-22-7-5-21)23-16-17-2-1-3-18(14-17)27-13-10-24-8-11-26-12-9-24/h1-3,14,19,22H,4-13,15-16H2,(H,23,25). The van der Waals surface area contributed by atoms with Crippen LogP contribution in [-0.4, -0.2) is 63.4 Å². The van der Waals surface area contributed by atoms with Gasteiger partial charge >= 0.3 is 0 Å². The van der Waals surface area contributed by atoms with E-state index in [4.69, 9.17) is 9.47 Å². The fourth-order valence-electron chi connectivity index (χ4n) is 4.37. The van der Waals surface area contributed by atoms with Crippen molar-refractivity contribution in [1.29, 1.82) is 0 Å². The lowest BCUT2D eigenvalue weighted by atomic mass is 9.92. The minimum absolute atomic E-state index is 0.215. The van der Waals surface area contributed by atoms with E-state index in [0.29, 0.717) is 18.6 Å². The maximum atomic E-state index is 12.5. The number of benzene rings is 1.